The van der Waals surface area contributed by atoms with Crippen LogP contribution >= 0.6 is 0 Å². The van der Waals surface area contributed by atoms with Crippen LogP contribution < -0.4 is 10.2 Å². The monoisotopic (exact) mass is 509 g/mol. The van der Waals surface area contributed by atoms with E-state index in [9.17, 15) is 18.7 Å². The number of benzene rings is 1. The van der Waals surface area contributed by atoms with E-state index in [0.717, 1.165) is 68.7 Å². The summed E-state index contributed by atoms with van der Waals surface area (Å²) in [5.41, 5.74) is 2.01. The molecule has 0 bridgehead atoms. The third-order valence-electron chi connectivity index (χ3n) is 7.60. The average molecular weight is 510 g/mol. The van der Waals surface area contributed by atoms with Crippen LogP contribution in [0.2, 0.25) is 0 Å². The van der Waals surface area contributed by atoms with Crippen LogP contribution in [0.15, 0.2) is 30.7 Å². The van der Waals surface area contributed by atoms with Crippen molar-refractivity contribution in [1.82, 2.24) is 24.4 Å². The van der Waals surface area contributed by atoms with Crippen LogP contribution in [0.5, 0.6) is 0 Å². The van der Waals surface area contributed by atoms with Gasteiger partial charge in [-0.25, -0.2) is 23.7 Å². The molecule has 2 aromatic heterocycles. The van der Waals surface area contributed by atoms with Gasteiger partial charge in [0, 0.05) is 62.5 Å². The lowest BCUT2D eigenvalue weighted by molar-refractivity contribution is -0.115. The Morgan fingerprint density at radius 3 is 2.65 bits per heavy atom. The highest BCUT2D eigenvalue weighted by Gasteiger charge is 2.30. The Bertz CT molecular complexity index is 1320. The van der Waals surface area contributed by atoms with Crippen molar-refractivity contribution in [2.24, 2.45) is 0 Å². The number of β-amino-alcohol motifs (C(OH)–C–C–N with tert-alkyl or cyclic N) is 1. The van der Waals surface area contributed by atoms with Crippen molar-refractivity contribution in [3.63, 3.8) is 0 Å². The third-order valence-corrected chi connectivity index (χ3v) is 7.60. The summed E-state index contributed by atoms with van der Waals surface area (Å²) < 4.78 is 29.6. The zero-order chi connectivity index (χ0) is 25.5. The van der Waals surface area contributed by atoms with Crippen LogP contribution in [0.3, 0.4) is 0 Å². The SMILES string of the molecule is O=C1Cc2c(ncnc2N2CCC(c3nc(-c4ccc(F)c(F)c4)cn3CCN3CCC(O)C3)CC2)N1. The Morgan fingerprint density at radius 2 is 1.89 bits per heavy atom. The van der Waals surface area contributed by atoms with E-state index in [1.807, 2.05) is 6.20 Å². The minimum absolute atomic E-state index is 0.0658. The summed E-state index contributed by atoms with van der Waals surface area (Å²) in [6, 6.07) is 3.88. The van der Waals surface area contributed by atoms with Crippen LogP contribution in [0.4, 0.5) is 20.4 Å². The predicted octanol–water partition coefficient (Wildman–Crippen LogP) is 2.56. The fourth-order valence-electron chi connectivity index (χ4n) is 5.63. The lowest BCUT2D eigenvalue weighted by Crippen LogP contribution is -2.35. The number of halogens is 2. The highest BCUT2D eigenvalue weighted by Crippen LogP contribution is 2.35. The molecule has 0 saturated carbocycles. The summed E-state index contributed by atoms with van der Waals surface area (Å²) in [5.74, 6) is 0.688. The van der Waals surface area contributed by atoms with Crippen LogP contribution in [0.1, 0.15) is 36.6 Å². The zero-order valence-electron chi connectivity index (χ0n) is 20.4. The van der Waals surface area contributed by atoms with Gasteiger partial charge in [-0.15, -0.1) is 0 Å². The summed E-state index contributed by atoms with van der Waals surface area (Å²) >= 11 is 0. The van der Waals surface area contributed by atoms with Crippen molar-refractivity contribution in [3.05, 3.63) is 53.7 Å². The fraction of sp³-hybridized carbons (Fsp3) is 0.462. The lowest BCUT2D eigenvalue weighted by atomic mass is 9.95. The molecule has 1 aromatic carbocycles. The van der Waals surface area contributed by atoms with Crippen molar-refractivity contribution >= 4 is 17.5 Å². The Labute approximate surface area is 213 Å². The number of rotatable bonds is 6. The van der Waals surface area contributed by atoms with Crippen molar-refractivity contribution in [2.45, 2.75) is 44.2 Å². The molecule has 2 saturated heterocycles. The Kier molecular flexibility index (Phi) is 6.33. The maximum atomic E-state index is 14.0. The number of amides is 1. The number of nitrogens with one attached hydrogen (secondary N) is 1. The number of fused-ring (bicyclic) bond motifs is 1. The standard InChI is InChI=1S/C26H29F2N7O2/c27-20-2-1-17(11-21(20)28)22-14-35(10-9-33-6-5-18(36)13-33)25(31-22)16-3-7-34(8-4-16)26-19-12-23(37)32-24(19)29-15-30-26/h1-2,11,14-16,18,36H,3-10,12-13H2,(H,29,30,32,37). The number of nitrogens with zero attached hydrogens (tertiary/aromatic N) is 6. The highest BCUT2D eigenvalue weighted by molar-refractivity contribution is 5.99. The first kappa shape index (κ1) is 23.9. The predicted molar refractivity (Wildman–Crippen MR) is 133 cm³/mol. The van der Waals surface area contributed by atoms with Crippen LogP contribution in [0, 0.1) is 11.6 Å². The summed E-state index contributed by atoms with van der Waals surface area (Å²) in [6.45, 7) is 4.53. The second kappa shape index (κ2) is 9.79. The van der Waals surface area contributed by atoms with E-state index in [1.54, 1.807) is 6.07 Å². The lowest BCUT2D eigenvalue weighted by Gasteiger charge is -2.33. The maximum Gasteiger partial charge on any atom is 0.230 e. The van der Waals surface area contributed by atoms with Crippen LogP contribution in [-0.2, 0) is 17.8 Å². The molecule has 0 radical (unpaired) electrons. The van der Waals surface area contributed by atoms with Gasteiger partial charge in [-0.3, -0.25) is 9.69 Å². The molecule has 1 atom stereocenters. The number of hydrogen-bond acceptors (Lipinski definition) is 7. The van der Waals surface area contributed by atoms with E-state index < -0.39 is 11.6 Å². The molecule has 0 spiro atoms. The fourth-order valence-corrected chi connectivity index (χ4v) is 5.63. The molecule has 2 N–H and O–H groups in total. The van der Waals surface area contributed by atoms with Crippen molar-refractivity contribution < 1.29 is 18.7 Å². The van der Waals surface area contributed by atoms with Gasteiger partial charge >= 0.3 is 0 Å². The van der Waals surface area contributed by atoms with Crippen molar-refractivity contribution in [3.8, 4) is 11.3 Å². The normalized spacial score (nSPS) is 20.5. The number of imidazole rings is 1. The summed E-state index contributed by atoms with van der Waals surface area (Å²) in [6.07, 6.45) is 5.89. The number of aliphatic hydroxyl groups is 1. The van der Waals surface area contributed by atoms with E-state index >= 15 is 0 Å². The van der Waals surface area contributed by atoms with Gasteiger partial charge in [-0.1, -0.05) is 0 Å². The first-order chi connectivity index (χ1) is 17.9. The zero-order valence-corrected chi connectivity index (χ0v) is 20.4. The molecule has 2 fully saturated rings. The molecule has 9 nitrogen and oxygen atoms in total. The van der Waals surface area contributed by atoms with E-state index in [0.29, 0.717) is 36.6 Å². The number of piperidine rings is 1. The summed E-state index contributed by atoms with van der Waals surface area (Å²) in [7, 11) is 0. The number of hydrogen-bond donors (Lipinski definition) is 2. The smallest absolute Gasteiger partial charge is 0.230 e. The van der Waals surface area contributed by atoms with Gasteiger partial charge in [0.05, 0.1) is 18.2 Å². The Morgan fingerprint density at radius 1 is 1.05 bits per heavy atom. The summed E-state index contributed by atoms with van der Waals surface area (Å²) in [4.78, 5) is 29.9. The van der Waals surface area contributed by atoms with Crippen LogP contribution in [0.25, 0.3) is 11.3 Å². The van der Waals surface area contributed by atoms with E-state index in [1.165, 1.54) is 12.4 Å². The van der Waals surface area contributed by atoms with Gasteiger partial charge in [0.15, 0.2) is 11.6 Å². The Hall–Kier alpha value is -3.44. The van der Waals surface area contributed by atoms with Gasteiger partial charge in [-0.05, 0) is 37.5 Å². The van der Waals surface area contributed by atoms with Gasteiger partial charge in [0.2, 0.25) is 5.91 Å². The first-order valence-corrected chi connectivity index (χ1v) is 12.8. The number of aromatic nitrogens is 4. The topological polar surface area (TPSA) is 99.4 Å². The maximum absolute atomic E-state index is 14.0. The number of carbonyl (C=O) groups excluding carboxylic acids is 1. The van der Waals surface area contributed by atoms with Gasteiger partial charge in [0.1, 0.15) is 23.8 Å². The van der Waals surface area contributed by atoms with E-state index in [4.69, 9.17) is 4.98 Å². The minimum Gasteiger partial charge on any atom is -0.392 e. The second-order valence-electron chi connectivity index (χ2n) is 10.1. The van der Waals surface area contributed by atoms with Gasteiger partial charge < -0.3 is 19.9 Å². The van der Waals surface area contributed by atoms with Gasteiger partial charge in [-0.2, -0.15) is 0 Å². The van der Waals surface area contributed by atoms with E-state index in [2.05, 4.69) is 29.7 Å². The molecular weight excluding hydrogens is 480 g/mol. The molecule has 1 unspecified atom stereocenters. The molecule has 3 aliphatic rings. The molecule has 194 valence electrons. The quantitative estimate of drug-likeness (QED) is 0.527. The molecule has 0 aliphatic carbocycles. The molecule has 37 heavy (non-hydrogen) atoms. The molecule has 11 heteroatoms. The van der Waals surface area contributed by atoms with Gasteiger partial charge in [0.25, 0.3) is 0 Å². The third kappa shape index (κ3) is 4.80. The number of likely N-dealkylation sites (tertiary alicyclic amines) is 1. The molecule has 1 amide bonds. The first-order valence-electron chi connectivity index (χ1n) is 12.8. The highest BCUT2D eigenvalue weighted by atomic mass is 19.2. The largest absolute Gasteiger partial charge is 0.392 e. The van der Waals surface area contributed by atoms with Crippen molar-refractivity contribution in [1.29, 1.82) is 0 Å². The average Bonchev–Trinajstić information content (AvgIpc) is 3.61. The van der Waals surface area contributed by atoms with Crippen LogP contribution in [-0.4, -0.2) is 74.3 Å². The molecule has 3 aromatic rings. The number of carbonyl (C=O) groups is 1. The second-order valence-corrected chi connectivity index (χ2v) is 10.1. The molecular formula is C26H29F2N7O2. The number of aliphatic hydroxyl groups excluding tert-OH is 1. The molecule has 5 heterocycles. The Balaban J connectivity index is 1.22. The van der Waals surface area contributed by atoms with E-state index in [-0.39, 0.29) is 17.9 Å². The molecule has 3 aliphatic heterocycles. The van der Waals surface area contributed by atoms with Crippen molar-refractivity contribution in [2.75, 3.05) is 42.9 Å². The number of anilines is 2. The summed E-state index contributed by atoms with van der Waals surface area (Å²) in [5, 5.41) is 12.7. The molecule has 6 rings (SSSR count). The minimum atomic E-state index is -0.890.